The molecule has 0 saturated carbocycles. The third-order valence-electron chi connectivity index (χ3n) is 6.58. The van der Waals surface area contributed by atoms with Gasteiger partial charge in [-0.15, -0.1) is 11.3 Å². The third kappa shape index (κ3) is 4.97. The highest BCUT2D eigenvalue weighted by atomic mass is 32.1. The Labute approximate surface area is 212 Å². The van der Waals surface area contributed by atoms with E-state index in [4.69, 9.17) is 15.1 Å². The summed E-state index contributed by atoms with van der Waals surface area (Å²) in [7, 11) is 0. The van der Waals surface area contributed by atoms with E-state index in [0.29, 0.717) is 36.2 Å². The molecule has 0 spiro atoms. The lowest BCUT2D eigenvalue weighted by atomic mass is 10.1. The van der Waals surface area contributed by atoms with E-state index in [9.17, 15) is 9.59 Å². The summed E-state index contributed by atoms with van der Waals surface area (Å²) < 4.78 is 8.59. The van der Waals surface area contributed by atoms with Crippen LogP contribution in [0.25, 0.3) is 16.7 Å². The number of nitrogens with one attached hydrogen (secondary N) is 2. The van der Waals surface area contributed by atoms with Gasteiger partial charge in [-0.2, -0.15) is 0 Å². The van der Waals surface area contributed by atoms with Crippen molar-refractivity contribution in [3.8, 4) is 0 Å². The molecule has 0 aromatic carbocycles. The van der Waals surface area contributed by atoms with E-state index in [1.807, 2.05) is 36.6 Å². The third-order valence-corrected chi connectivity index (χ3v) is 7.52. The summed E-state index contributed by atoms with van der Waals surface area (Å²) in [6.07, 6.45) is 3.18. The van der Waals surface area contributed by atoms with E-state index >= 15 is 0 Å². The fraction of sp³-hybridized carbons (Fsp3) is 0.385. The Hall–Kier alpha value is -3.34. The summed E-state index contributed by atoms with van der Waals surface area (Å²) in [6.45, 7) is 7.04. The molecule has 0 atom stereocenters. The van der Waals surface area contributed by atoms with Crippen LogP contribution < -0.4 is 16.4 Å². The first-order valence-corrected chi connectivity index (χ1v) is 13.1. The largest absolute Gasteiger partial charge is 0.379 e. The lowest BCUT2D eigenvalue weighted by molar-refractivity contribution is 0.0374. The van der Waals surface area contributed by atoms with Crippen LogP contribution in [-0.2, 0) is 17.7 Å². The van der Waals surface area contributed by atoms with Crippen LogP contribution in [0.4, 0.5) is 0 Å². The second kappa shape index (κ2) is 10.7. The first-order chi connectivity index (χ1) is 17.5. The molecule has 1 amide bonds. The molecule has 1 fully saturated rings. The van der Waals surface area contributed by atoms with Crippen LogP contribution in [0.3, 0.4) is 0 Å². The summed E-state index contributed by atoms with van der Waals surface area (Å²) in [4.78, 5) is 34.9. The van der Waals surface area contributed by atoms with Crippen molar-refractivity contribution in [3.63, 3.8) is 0 Å². The minimum absolute atomic E-state index is 0.0644. The Morgan fingerprint density at radius 3 is 2.81 bits per heavy atom. The van der Waals surface area contributed by atoms with Gasteiger partial charge in [-0.1, -0.05) is 12.1 Å². The number of thiophene rings is 1. The van der Waals surface area contributed by atoms with E-state index in [2.05, 4.69) is 10.2 Å². The number of hydrogen-bond acceptors (Lipinski definition) is 7. The molecule has 2 N–H and O–H groups in total. The zero-order valence-corrected chi connectivity index (χ0v) is 21.1. The van der Waals surface area contributed by atoms with Crippen LogP contribution in [0.5, 0.6) is 0 Å². The second-order valence-electron chi connectivity index (χ2n) is 8.99. The normalized spacial score (nSPS) is 14.5. The Kier molecular flexibility index (Phi) is 7.26. The van der Waals surface area contributed by atoms with Crippen molar-refractivity contribution in [2.24, 2.45) is 0 Å². The standard InChI is InChI=1S/C26H30N6O3S/c1-18-5-2-10-32-23(18)29-24-21(26(32)34)17-20(22(27)31(24)11-7-19-6-3-16-36-19)25(33)28-8-4-9-30-12-14-35-15-13-30/h2-3,5-6,10,16-17,27H,4,7-9,11-15H2,1H3,(H,28,33). The van der Waals surface area contributed by atoms with Gasteiger partial charge in [0.05, 0.1) is 24.2 Å². The van der Waals surface area contributed by atoms with Crippen molar-refractivity contribution in [1.82, 2.24) is 24.2 Å². The maximum Gasteiger partial charge on any atom is 0.267 e. The Balaban J connectivity index is 1.48. The molecule has 0 unspecified atom stereocenters. The van der Waals surface area contributed by atoms with Gasteiger partial charge in [0.25, 0.3) is 11.5 Å². The monoisotopic (exact) mass is 506 g/mol. The Morgan fingerprint density at radius 2 is 2.03 bits per heavy atom. The highest BCUT2D eigenvalue weighted by molar-refractivity contribution is 7.09. The van der Waals surface area contributed by atoms with E-state index < -0.39 is 0 Å². The zero-order valence-electron chi connectivity index (χ0n) is 20.3. The first kappa shape index (κ1) is 24.4. The molecule has 5 heterocycles. The average molecular weight is 507 g/mol. The molecule has 0 radical (unpaired) electrons. The molecule has 36 heavy (non-hydrogen) atoms. The van der Waals surface area contributed by atoms with Crippen LogP contribution in [0, 0.1) is 12.3 Å². The number of nitrogens with zero attached hydrogens (tertiary/aromatic N) is 4. The summed E-state index contributed by atoms with van der Waals surface area (Å²) in [5, 5.41) is 14.2. The molecule has 0 aliphatic carbocycles. The van der Waals surface area contributed by atoms with Gasteiger partial charge in [0.2, 0.25) is 0 Å². The molecule has 0 bridgehead atoms. The summed E-state index contributed by atoms with van der Waals surface area (Å²) in [5.74, 6) is -0.345. The summed E-state index contributed by atoms with van der Waals surface area (Å²) in [6, 6.07) is 9.28. The van der Waals surface area contributed by atoms with E-state index in [1.165, 1.54) is 15.3 Å². The van der Waals surface area contributed by atoms with Crippen molar-refractivity contribution >= 4 is 33.9 Å². The maximum absolute atomic E-state index is 13.4. The fourth-order valence-electron chi connectivity index (χ4n) is 4.59. The first-order valence-electron chi connectivity index (χ1n) is 12.2. The molecule has 4 aromatic rings. The smallest absolute Gasteiger partial charge is 0.267 e. The average Bonchev–Trinajstić information content (AvgIpc) is 3.41. The van der Waals surface area contributed by atoms with Gasteiger partial charge in [-0.25, -0.2) is 4.98 Å². The van der Waals surface area contributed by atoms with Crippen LogP contribution >= 0.6 is 11.3 Å². The van der Waals surface area contributed by atoms with E-state index in [-0.39, 0.29) is 22.5 Å². The molecular formula is C26H30N6O3S. The molecular weight excluding hydrogens is 476 g/mol. The van der Waals surface area contributed by atoms with Crippen molar-refractivity contribution in [2.75, 3.05) is 39.4 Å². The predicted octanol–water partition coefficient (Wildman–Crippen LogP) is 2.19. The van der Waals surface area contributed by atoms with Crippen molar-refractivity contribution < 1.29 is 9.53 Å². The molecule has 4 aromatic heterocycles. The highest BCUT2D eigenvalue weighted by Crippen LogP contribution is 2.15. The quantitative estimate of drug-likeness (QED) is 0.282. The van der Waals surface area contributed by atoms with Gasteiger partial charge < -0.3 is 14.6 Å². The number of fused-ring (bicyclic) bond motifs is 2. The number of carbonyl (C=O) groups is 1. The van der Waals surface area contributed by atoms with Gasteiger partial charge in [-0.3, -0.25) is 24.3 Å². The number of amides is 1. The highest BCUT2D eigenvalue weighted by Gasteiger charge is 2.18. The fourth-order valence-corrected chi connectivity index (χ4v) is 5.29. The van der Waals surface area contributed by atoms with Gasteiger partial charge in [0.15, 0.2) is 0 Å². The SMILES string of the molecule is Cc1cccn2c(=O)c3cc(C(=O)NCCCN4CCOCC4)c(=N)n(CCc4cccs4)c3nc12. The predicted molar refractivity (Wildman–Crippen MR) is 140 cm³/mol. The van der Waals surface area contributed by atoms with Crippen LogP contribution in [0.1, 0.15) is 27.2 Å². The zero-order chi connectivity index (χ0) is 25.1. The van der Waals surface area contributed by atoms with Crippen LogP contribution in [0.2, 0.25) is 0 Å². The minimum Gasteiger partial charge on any atom is -0.379 e. The number of pyridine rings is 2. The number of carbonyl (C=O) groups excluding carboxylic acids is 1. The van der Waals surface area contributed by atoms with Crippen LogP contribution in [0.15, 0.2) is 46.7 Å². The molecule has 5 rings (SSSR count). The molecule has 1 aliphatic rings. The summed E-state index contributed by atoms with van der Waals surface area (Å²) >= 11 is 1.65. The molecule has 1 saturated heterocycles. The van der Waals surface area contributed by atoms with Gasteiger partial charge >= 0.3 is 0 Å². The number of aromatic nitrogens is 3. The number of hydrogen-bond donors (Lipinski definition) is 2. The second-order valence-corrected chi connectivity index (χ2v) is 10.0. The summed E-state index contributed by atoms with van der Waals surface area (Å²) in [5.41, 5.74) is 1.86. The van der Waals surface area contributed by atoms with Gasteiger partial charge in [0.1, 0.15) is 16.8 Å². The van der Waals surface area contributed by atoms with Crippen molar-refractivity contribution in [1.29, 1.82) is 5.41 Å². The van der Waals surface area contributed by atoms with Gasteiger partial charge in [0, 0.05) is 37.3 Å². The van der Waals surface area contributed by atoms with Crippen LogP contribution in [-0.4, -0.2) is 64.2 Å². The number of ether oxygens (including phenoxy) is 1. The van der Waals surface area contributed by atoms with E-state index in [1.54, 1.807) is 22.1 Å². The van der Waals surface area contributed by atoms with Crippen molar-refractivity contribution in [3.05, 3.63) is 73.8 Å². The lowest BCUT2D eigenvalue weighted by Crippen LogP contribution is -2.39. The molecule has 10 heteroatoms. The lowest BCUT2D eigenvalue weighted by Gasteiger charge is -2.26. The molecule has 9 nitrogen and oxygen atoms in total. The maximum atomic E-state index is 13.4. The molecule has 188 valence electrons. The number of aryl methyl sites for hydroxylation is 3. The Morgan fingerprint density at radius 1 is 1.19 bits per heavy atom. The Bertz CT molecular complexity index is 1500. The molecule has 1 aliphatic heterocycles. The number of morpholine rings is 1. The van der Waals surface area contributed by atoms with Crippen molar-refractivity contribution in [2.45, 2.75) is 26.3 Å². The van der Waals surface area contributed by atoms with E-state index in [0.717, 1.165) is 44.8 Å². The van der Waals surface area contributed by atoms with Gasteiger partial charge in [-0.05, 0) is 55.5 Å². The topological polar surface area (TPSA) is 105 Å². The number of rotatable bonds is 8. The minimum atomic E-state index is -0.345.